The third-order valence-electron chi connectivity index (χ3n) is 1.78. The number of hydrogen-bond acceptors (Lipinski definition) is 4. The highest BCUT2D eigenvalue weighted by Gasteiger charge is 2.23. The van der Waals surface area contributed by atoms with Crippen LogP contribution in [0.4, 0.5) is 0 Å². The van der Waals surface area contributed by atoms with Crippen molar-refractivity contribution in [3.8, 4) is 0 Å². The molecular formula is C6H13N3O2. The fourth-order valence-electron chi connectivity index (χ4n) is 1.16. The molecule has 0 radical (unpaired) electrons. The summed E-state index contributed by atoms with van der Waals surface area (Å²) in [6.07, 6.45) is 1.58. The van der Waals surface area contributed by atoms with Crippen molar-refractivity contribution in [3.05, 3.63) is 0 Å². The third kappa shape index (κ3) is 2.14. The van der Waals surface area contributed by atoms with Crippen LogP contribution in [0.2, 0.25) is 0 Å². The maximum absolute atomic E-state index is 10.5. The van der Waals surface area contributed by atoms with E-state index in [2.05, 4.69) is 5.43 Å². The Bertz CT molecular complexity index is 151. The topological polar surface area (TPSA) is 78.6 Å². The summed E-state index contributed by atoms with van der Waals surface area (Å²) in [6, 6.07) is -0.452. The van der Waals surface area contributed by atoms with Gasteiger partial charge in [-0.05, 0) is 12.8 Å². The summed E-state index contributed by atoms with van der Waals surface area (Å²) in [5, 5.41) is 10.3. The van der Waals surface area contributed by atoms with Gasteiger partial charge < -0.3 is 10.8 Å². The van der Waals surface area contributed by atoms with Crippen LogP contribution in [0.5, 0.6) is 0 Å². The molecule has 0 bridgehead atoms. The fourth-order valence-corrected chi connectivity index (χ4v) is 1.16. The molecule has 1 unspecified atom stereocenters. The van der Waals surface area contributed by atoms with Gasteiger partial charge in [-0.15, -0.1) is 0 Å². The van der Waals surface area contributed by atoms with Gasteiger partial charge in [-0.3, -0.25) is 4.79 Å². The number of carboxylic acid groups (broad SMARTS) is 1. The van der Waals surface area contributed by atoms with Gasteiger partial charge in [0.1, 0.15) is 6.04 Å². The Morgan fingerprint density at radius 3 is 3.09 bits per heavy atom. The van der Waals surface area contributed by atoms with E-state index in [0.717, 1.165) is 13.0 Å². The highest BCUT2D eigenvalue weighted by Crippen LogP contribution is 2.05. The average molecular weight is 159 g/mol. The summed E-state index contributed by atoms with van der Waals surface area (Å²) in [5.41, 5.74) is 8.15. The first kappa shape index (κ1) is 8.45. The zero-order chi connectivity index (χ0) is 8.27. The number of carboxylic acids is 1. The zero-order valence-corrected chi connectivity index (χ0v) is 6.29. The van der Waals surface area contributed by atoms with Crippen LogP contribution < -0.4 is 11.2 Å². The lowest BCUT2D eigenvalue weighted by molar-refractivity contribution is -0.142. The molecule has 5 heteroatoms. The predicted octanol–water partition coefficient (Wildman–Crippen LogP) is -1.04. The standard InChI is InChI=1S/C6H13N3O2/c7-4-9-3-1-2-5(8-9)6(10)11/h5,8H,1-4,7H2,(H,10,11). The first-order valence-corrected chi connectivity index (χ1v) is 3.68. The molecule has 0 amide bonds. The Morgan fingerprint density at radius 1 is 1.82 bits per heavy atom. The molecule has 0 aromatic rings. The Morgan fingerprint density at radius 2 is 2.55 bits per heavy atom. The molecule has 1 atom stereocenters. The summed E-state index contributed by atoms with van der Waals surface area (Å²) >= 11 is 0. The molecule has 1 aliphatic heterocycles. The number of hydrazine groups is 1. The first-order valence-electron chi connectivity index (χ1n) is 3.68. The number of nitrogens with one attached hydrogen (secondary N) is 1. The van der Waals surface area contributed by atoms with Crippen LogP contribution in [0, 0.1) is 0 Å². The van der Waals surface area contributed by atoms with Gasteiger partial charge in [0.15, 0.2) is 0 Å². The third-order valence-corrected chi connectivity index (χ3v) is 1.78. The van der Waals surface area contributed by atoms with E-state index in [-0.39, 0.29) is 0 Å². The lowest BCUT2D eigenvalue weighted by Gasteiger charge is -2.30. The van der Waals surface area contributed by atoms with Gasteiger partial charge in [0.2, 0.25) is 0 Å². The normalized spacial score (nSPS) is 26.8. The van der Waals surface area contributed by atoms with Gasteiger partial charge >= 0.3 is 5.97 Å². The van der Waals surface area contributed by atoms with E-state index in [1.165, 1.54) is 0 Å². The van der Waals surface area contributed by atoms with Gasteiger partial charge in [-0.1, -0.05) is 0 Å². The van der Waals surface area contributed by atoms with Crippen molar-refractivity contribution in [1.82, 2.24) is 10.4 Å². The van der Waals surface area contributed by atoms with Crippen LogP contribution >= 0.6 is 0 Å². The average Bonchev–Trinajstić information content (AvgIpc) is 2.05. The zero-order valence-electron chi connectivity index (χ0n) is 6.29. The molecule has 1 fully saturated rings. The maximum Gasteiger partial charge on any atom is 0.322 e. The Labute approximate surface area is 65.1 Å². The van der Waals surface area contributed by atoms with E-state index in [1.807, 2.05) is 0 Å². The van der Waals surface area contributed by atoms with Gasteiger partial charge in [0.25, 0.3) is 0 Å². The maximum atomic E-state index is 10.5. The number of aliphatic carboxylic acids is 1. The van der Waals surface area contributed by atoms with E-state index in [1.54, 1.807) is 5.01 Å². The lowest BCUT2D eigenvalue weighted by atomic mass is 10.1. The van der Waals surface area contributed by atoms with Gasteiger partial charge in [-0.25, -0.2) is 10.4 Å². The predicted molar refractivity (Wildman–Crippen MR) is 39.6 cm³/mol. The Kier molecular flexibility index (Phi) is 2.81. The number of nitrogens with zero attached hydrogens (tertiary/aromatic N) is 1. The van der Waals surface area contributed by atoms with Crippen molar-refractivity contribution in [2.75, 3.05) is 13.2 Å². The molecule has 0 aromatic carbocycles. The van der Waals surface area contributed by atoms with E-state index in [0.29, 0.717) is 13.1 Å². The second kappa shape index (κ2) is 3.66. The molecule has 1 saturated heterocycles. The van der Waals surface area contributed by atoms with Crippen molar-refractivity contribution in [2.24, 2.45) is 5.73 Å². The molecule has 64 valence electrons. The van der Waals surface area contributed by atoms with Crippen molar-refractivity contribution >= 4 is 5.97 Å². The highest BCUT2D eigenvalue weighted by atomic mass is 16.4. The second-order valence-corrected chi connectivity index (χ2v) is 2.61. The van der Waals surface area contributed by atoms with Crippen molar-refractivity contribution < 1.29 is 9.90 Å². The van der Waals surface area contributed by atoms with Gasteiger partial charge in [0.05, 0.1) is 6.67 Å². The monoisotopic (exact) mass is 159 g/mol. The van der Waals surface area contributed by atoms with Gasteiger partial charge in [-0.2, -0.15) is 0 Å². The highest BCUT2D eigenvalue weighted by molar-refractivity contribution is 5.73. The number of rotatable bonds is 2. The molecule has 1 heterocycles. The smallest absolute Gasteiger partial charge is 0.322 e. The summed E-state index contributed by atoms with van der Waals surface area (Å²) < 4.78 is 0. The fraction of sp³-hybridized carbons (Fsp3) is 0.833. The van der Waals surface area contributed by atoms with E-state index < -0.39 is 12.0 Å². The molecule has 0 spiro atoms. The molecule has 1 aliphatic rings. The largest absolute Gasteiger partial charge is 0.480 e. The number of carbonyl (C=O) groups is 1. The Balaban J connectivity index is 2.39. The van der Waals surface area contributed by atoms with E-state index in [9.17, 15) is 4.79 Å². The van der Waals surface area contributed by atoms with Crippen LogP contribution in [-0.2, 0) is 4.79 Å². The van der Waals surface area contributed by atoms with Crippen molar-refractivity contribution in [1.29, 1.82) is 0 Å². The second-order valence-electron chi connectivity index (χ2n) is 2.61. The van der Waals surface area contributed by atoms with E-state index in [4.69, 9.17) is 10.8 Å². The SMILES string of the molecule is NCN1CCCC(C(=O)O)N1. The Hall–Kier alpha value is -0.650. The summed E-state index contributed by atoms with van der Waals surface area (Å²) in [5.74, 6) is -0.803. The molecule has 0 saturated carbocycles. The molecule has 11 heavy (non-hydrogen) atoms. The van der Waals surface area contributed by atoms with Gasteiger partial charge in [0, 0.05) is 6.54 Å². The van der Waals surface area contributed by atoms with Crippen molar-refractivity contribution in [3.63, 3.8) is 0 Å². The summed E-state index contributed by atoms with van der Waals surface area (Å²) in [7, 11) is 0. The number of hydrogen-bond donors (Lipinski definition) is 3. The van der Waals surface area contributed by atoms with Crippen LogP contribution in [-0.4, -0.2) is 35.3 Å². The lowest BCUT2D eigenvalue weighted by Crippen LogP contribution is -2.54. The van der Waals surface area contributed by atoms with Crippen LogP contribution in [0.15, 0.2) is 0 Å². The molecule has 0 aromatic heterocycles. The number of nitrogens with two attached hydrogens (primary N) is 1. The molecular weight excluding hydrogens is 146 g/mol. The molecule has 4 N–H and O–H groups in total. The molecule has 5 nitrogen and oxygen atoms in total. The minimum absolute atomic E-state index is 0.365. The molecule has 0 aliphatic carbocycles. The summed E-state index contributed by atoms with van der Waals surface area (Å²) in [6.45, 7) is 1.20. The van der Waals surface area contributed by atoms with Crippen molar-refractivity contribution in [2.45, 2.75) is 18.9 Å². The van der Waals surface area contributed by atoms with E-state index >= 15 is 0 Å². The molecule has 1 rings (SSSR count). The minimum Gasteiger partial charge on any atom is -0.480 e. The first-order chi connectivity index (χ1) is 5.24. The summed E-state index contributed by atoms with van der Waals surface area (Å²) in [4.78, 5) is 10.5. The van der Waals surface area contributed by atoms with Crippen LogP contribution in [0.3, 0.4) is 0 Å². The minimum atomic E-state index is -0.803. The quantitative estimate of drug-likeness (QED) is 0.479. The van der Waals surface area contributed by atoms with Crippen LogP contribution in [0.1, 0.15) is 12.8 Å². The van der Waals surface area contributed by atoms with Crippen LogP contribution in [0.25, 0.3) is 0 Å².